The minimum Gasteiger partial charge on any atom is -0.349 e. The van der Waals surface area contributed by atoms with E-state index >= 15 is 0 Å². The minimum absolute atomic E-state index is 0.0116. The molecule has 21 heavy (non-hydrogen) atoms. The van der Waals surface area contributed by atoms with Crippen molar-refractivity contribution in [1.82, 2.24) is 5.32 Å². The summed E-state index contributed by atoms with van der Waals surface area (Å²) >= 11 is 13.3. The SMILES string of the molecule is CC(NC(=O)CSc1ccc(Cl)cc1)c1cccc(Cl)c1. The van der Waals surface area contributed by atoms with Crippen molar-refractivity contribution >= 4 is 40.9 Å². The zero-order valence-electron chi connectivity index (χ0n) is 11.5. The first kappa shape index (κ1) is 16.2. The molecule has 0 fully saturated rings. The van der Waals surface area contributed by atoms with E-state index < -0.39 is 0 Å². The van der Waals surface area contributed by atoms with Gasteiger partial charge in [-0.05, 0) is 48.9 Å². The van der Waals surface area contributed by atoms with Crippen LogP contribution in [0, 0.1) is 0 Å². The van der Waals surface area contributed by atoms with E-state index in [0.29, 0.717) is 15.8 Å². The summed E-state index contributed by atoms with van der Waals surface area (Å²) < 4.78 is 0. The molecule has 1 N–H and O–H groups in total. The summed E-state index contributed by atoms with van der Waals surface area (Å²) in [6.45, 7) is 1.94. The van der Waals surface area contributed by atoms with Crippen LogP contribution in [-0.2, 0) is 4.79 Å². The van der Waals surface area contributed by atoms with Crippen LogP contribution in [0.5, 0.6) is 0 Å². The molecule has 1 amide bonds. The summed E-state index contributed by atoms with van der Waals surface area (Å²) in [5.41, 5.74) is 0.993. The molecule has 0 saturated heterocycles. The van der Waals surface area contributed by atoms with Crippen LogP contribution in [0.4, 0.5) is 0 Å². The molecule has 0 spiro atoms. The number of halogens is 2. The first-order chi connectivity index (χ1) is 10.0. The van der Waals surface area contributed by atoms with E-state index in [9.17, 15) is 4.79 Å². The van der Waals surface area contributed by atoms with Crippen molar-refractivity contribution in [3.63, 3.8) is 0 Å². The predicted octanol–water partition coefficient (Wildman–Crippen LogP) is 4.96. The van der Waals surface area contributed by atoms with Gasteiger partial charge in [0, 0.05) is 14.9 Å². The predicted molar refractivity (Wildman–Crippen MR) is 90.2 cm³/mol. The average Bonchev–Trinajstić information content (AvgIpc) is 2.46. The van der Waals surface area contributed by atoms with Gasteiger partial charge in [0.25, 0.3) is 0 Å². The summed E-state index contributed by atoms with van der Waals surface area (Å²) in [7, 11) is 0. The molecule has 0 aliphatic heterocycles. The fourth-order valence-corrected chi connectivity index (χ4v) is 2.86. The van der Waals surface area contributed by atoms with Crippen molar-refractivity contribution in [2.45, 2.75) is 17.9 Å². The monoisotopic (exact) mass is 339 g/mol. The van der Waals surface area contributed by atoms with E-state index in [1.54, 1.807) is 0 Å². The normalized spacial score (nSPS) is 12.0. The third kappa shape index (κ3) is 5.27. The van der Waals surface area contributed by atoms with Gasteiger partial charge in [-0.25, -0.2) is 0 Å². The van der Waals surface area contributed by atoms with Crippen molar-refractivity contribution in [3.05, 3.63) is 64.1 Å². The Hall–Kier alpha value is -1.16. The minimum atomic E-state index is -0.0676. The lowest BCUT2D eigenvalue weighted by Crippen LogP contribution is -2.28. The third-order valence-electron chi connectivity index (χ3n) is 2.91. The number of thioether (sulfide) groups is 1. The molecule has 0 aliphatic carbocycles. The lowest BCUT2D eigenvalue weighted by atomic mass is 10.1. The quantitative estimate of drug-likeness (QED) is 0.779. The van der Waals surface area contributed by atoms with Crippen LogP contribution in [0.15, 0.2) is 53.4 Å². The highest BCUT2D eigenvalue weighted by Crippen LogP contribution is 2.21. The average molecular weight is 340 g/mol. The van der Waals surface area contributed by atoms with E-state index in [2.05, 4.69) is 5.32 Å². The van der Waals surface area contributed by atoms with Crippen LogP contribution in [-0.4, -0.2) is 11.7 Å². The van der Waals surface area contributed by atoms with E-state index in [4.69, 9.17) is 23.2 Å². The van der Waals surface area contributed by atoms with Gasteiger partial charge in [-0.1, -0.05) is 35.3 Å². The smallest absolute Gasteiger partial charge is 0.230 e. The first-order valence-electron chi connectivity index (χ1n) is 6.48. The maximum atomic E-state index is 12.0. The number of hydrogen-bond acceptors (Lipinski definition) is 2. The highest BCUT2D eigenvalue weighted by atomic mass is 35.5. The van der Waals surface area contributed by atoms with E-state index in [-0.39, 0.29) is 11.9 Å². The molecule has 2 rings (SSSR count). The Morgan fingerprint density at radius 1 is 1.14 bits per heavy atom. The van der Waals surface area contributed by atoms with E-state index in [1.165, 1.54) is 11.8 Å². The van der Waals surface area contributed by atoms with Crippen LogP contribution >= 0.6 is 35.0 Å². The Labute approximate surface area is 138 Å². The fraction of sp³-hybridized carbons (Fsp3) is 0.188. The van der Waals surface area contributed by atoms with Gasteiger partial charge in [0.15, 0.2) is 0 Å². The van der Waals surface area contributed by atoms with Gasteiger partial charge in [0.1, 0.15) is 0 Å². The summed E-state index contributed by atoms with van der Waals surface area (Å²) in [6, 6.07) is 14.9. The molecule has 0 radical (unpaired) electrons. The molecule has 1 atom stereocenters. The van der Waals surface area contributed by atoms with Crippen LogP contribution in [0.3, 0.4) is 0 Å². The van der Waals surface area contributed by atoms with E-state index in [0.717, 1.165) is 10.5 Å². The number of benzene rings is 2. The molecule has 2 aromatic carbocycles. The molecule has 2 nitrogen and oxygen atoms in total. The van der Waals surface area contributed by atoms with Crippen molar-refractivity contribution in [3.8, 4) is 0 Å². The van der Waals surface area contributed by atoms with E-state index in [1.807, 2.05) is 55.5 Å². The van der Waals surface area contributed by atoms with Crippen molar-refractivity contribution in [2.24, 2.45) is 0 Å². The zero-order valence-corrected chi connectivity index (χ0v) is 13.8. The van der Waals surface area contributed by atoms with Gasteiger partial charge in [0.2, 0.25) is 5.91 Å². The fourth-order valence-electron chi connectivity index (χ4n) is 1.82. The number of hydrogen-bond donors (Lipinski definition) is 1. The highest BCUT2D eigenvalue weighted by Gasteiger charge is 2.10. The molecule has 110 valence electrons. The van der Waals surface area contributed by atoms with Crippen LogP contribution in [0.2, 0.25) is 10.0 Å². The second-order valence-electron chi connectivity index (χ2n) is 4.59. The molecule has 0 heterocycles. The van der Waals surface area contributed by atoms with Crippen LogP contribution < -0.4 is 5.32 Å². The van der Waals surface area contributed by atoms with Gasteiger partial charge in [-0.15, -0.1) is 11.8 Å². The Morgan fingerprint density at radius 3 is 2.52 bits per heavy atom. The Balaban J connectivity index is 1.85. The molecule has 1 unspecified atom stereocenters. The number of nitrogens with one attached hydrogen (secondary N) is 1. The van der Waals surface area contributed by atoms with Gasteiger partial charge in [-0.2, -0.15) is 0 Å². The molecule has 2 aromatic rings. The lowest BCUT2D eigenvalue weighted by Gasteiger charge is -2.14. The van der Waals surface area contributed by atoms with Crippen molar-refractivity contribution in [2.75, 3.05) is 5.75 Å². The molecule has 0 aliphatic rings. The molecule has 0 saturated carbocycles. The van der Waals surface area contributed by atoms with Gasteiger partial charge in [0.05, 0.1) is 11.8 Å². The zero-order chi connectivity index (χ0) is 15.2. The molecular formula is C16H15Cl2NOS. The topological polar surface area (TPSA) is 29.1 Å². The standard InChI is InChI=1S/C16H15Cl2NOS/c1-11(12-3-2-4-14(18)9-12)19-16(20)10-21-15-7-5-13(17)6-8-15/h2-9,11H,10H2,1H3,(H,19,20). The number of carbonyl (C=O) groups excluding carboxylic acids is 1. The molecule has 0 aromatic heterocycles. The third-order valence-corrected chi connectivity index (χ3v) is 4.41. The van der Waals surface area contributed by atoms with Crippen molar-refractivity contribution in [1.29, 1.82) is 0 Å². The maximum Gasteiger partial charge on any atom is 0.230 e. The number of amides is 1. The van der Waals surface area contributed by atoms with Crippen LogP contribution in [0.1, 0.15) is 18.5 Å². The van der Waals surface area contributed by atoms with Gasteiger partial charge < -0.3 is 5.32 Å². The first-order valence-corrected chi connectivity index (χ1v) is 8.22. The Kier molecular flexibility index (Phi) is 5.97. The van der Waals surface area contributed by atoms with Crippen LogP contribution in [0.25, 0.3) is 0 Å². The maximum absolute atomic E-state index is 12.0. The number of rotatable bonds is 5. The highest BCUT2D eigenvalue weighted by molar-refractivity contribution is 8.00. The summed E-state index contributed by atoms with van der Waals surface area (Å²) in [5, 5.41) is 4.32. The Morgan fingerprint density at radius 2 is 1.86 bits per heavy atom. The summed E-state index contributed by atoms with van der Waals surface area (Å²) in [4.78, 5) is 13.0. The second kappa shape index (κ2) is 7.74. The van der Waals surface area contributed by atoms with Crippen molar-refractivity contribution < 1.29 is 4.79 Å². The Bertz CT molecular complexity index is 616. The summed E-state index contributed by atoms with van der Waals surface area (Å²) in [6.07, 6.45) is 0. The van der Waals surface area contributed by atoms with Gasteiger partial charge >= 0.3 is 0 Å². The lowest BCUT2D eigenvalue weighted by molar-refractivity contribution is -0.119. The second-order valence-corrected chi connectivity index (χ2v) is 6.51. The largest absolute Gasteiger partial charge is 0.349 e. The molecule has 5 heteroatoms. The molecular weight excluding hydrogens is 325 g/mol. The summed E-state index contributed by atoms with van der Waals surface area (Å²) in [5.74, 6) is 0.356. The number of carbonyl (C=O) groups is 1. The molecule has 0 bridgehead atoms. The van der Waals surface area contributed by atoms with Gasteiger partial charge in [-0.3, -0.25) is 4.79 Å².